The third kappa shape index (κ3) is 5.16. The van der Waals surface area contributed by atoms with Gasteiger partial charge in [-0.1, -0.05) is 6.07 Å². The average molecular weight is 436 g/mol. The number of anilines is 1. The van der Waals surface area contributed by atoms with Gasteiger partial charge in [-0.25, -0.2) is 12.8 Å². The number of ether oxygens (including phenoxy) is 1. The second-order valence-corrected chi connectivity index (χ2v) is 8.96. The molecule has 2 aromatic carbocycles. The van der Waals surface area contributed by atoms with Crippen LogP contribution in [0, 0.1) is 5.82 Å². The van der Waals surface area contributed by atoms with Crippen LogP contribution in [-0.4, -0.2) is 62.4 Å². The molecule has 0 spiro atoms. The molecule has 1 atom stereocenters. The Morgan fingerprint density at radius 3 is 2.40 bits per heavy atom. The number of nitrogens with zero attached hydrogens (tertiary/aromatic N) is 2. The van der Waals surface area contributed by atoms with Crippen LogP contribution in [0.25, 0.3) is 0 Å². The Kier molecular flexibility index (Phi) is 7.06. The maximum Gasteiger partial charge on any atom is 0.243 e. The highest BCUT2D eigenvalue weighted by molar-refractivity contribution is 7.89. The van der Waals surface area contributed by atoms with Crippen LogP contribution in [0.4, 0.5) is 10.1 Å². The second kappa shape index (κ2) is 9.55. The number of carbonyl (C=O) groups is 1. The molecule has 0 bridgehead atoms. The standard InChI is InChI=1S/C21H26FN3O4S/c1-3-29-19-7-9-20(10-8-19)30(27,28)25-13-11-24(12-14-25)16(2)21(26)23-18-6-4-5-17(22)15-18/h4-10,15-16H,3,11-14H2,1-2H3,(H,23,26). The van der Waals surface area contributed by atoms with Crippen molar-refractivity contribution < 1.29 is 22.3 Å². The van der Waals surface area contributed by atoms with Crippen molar-refractivity contribution in [2.75, 3.05) is 38.1 Å². The lowest BCUT2D eigenvalue weighted by atomic mass is 10.2. The van der Waals surface area contributed by atoms with Crippen LogP contribution in [0.5, 0.6) is 5.75 Å². The molecular formula is C21H26FN3O4S. The molecule has 0 aliphatic carbocycles. The highest BCUT2D eigenvalue weighted by atomic mass is 32.2. The van der Waals surface area contributed by atoms with E-state index in [0.717, 1.165) is 0 Å². The molecule has 0 radical (unpaired) electrons. The SMILES string of the molecule is CCOc1ccc(S(=O)(=O)N2CCN(C(C)C(=O)Nc3cccc(F)c3)CC2)cc1. The zero-order valence-corrected chi connectivity index (χ0v) is 17.9. The van der Waals surface area contributed by atoms with Crippen molar-refractivity contribution in [3.05, 3.63) is 54.3 Å². The maximum absolute atomic E-state index is 13.3. The Balaban J connectivity index is 1.58. The van der Waals surface area contributed by atoms with E-state index in [9.17, 15) is 17.6 Å². The van der Waals surface area contributed by atoms with Crippen molar-refractivity contribution in [2.45, 2.75) is 24.8 Å². The number of sulfonamides is 1. The van der Waals surface area contributed by atoms with E-state index >= 15 is 0 Å². The Labute approximate surface area is 176 Å². The molecule has 7 nitrogen and oxygen atoms in total. The number of rotatable bonds is 7. The van der Waals surface area contributed by atoms with Crippen LogP contribution in [0.1, 0.15) is 13.8 Å². The minimum atomic E-state index is -3.61. The van der Waals surface area contributed by atoms with Crippen LogP contribution >= 0.6 is 0 Å². The molecule has 1 heterocycles. The van der Waals surface area contributed by atoms with Gasteiger partial charge in [0, 0.05) is 31.9 Å². The molecule has 1 aliphatic heterocycles. The highest BCUT2D eigenvalue weighted by Gasteiger charge is 2.31. The topological polar surface area (TPSA) is 79.0 Å². The number of halogens is 1. The molecule has 1 fully saturated rings. The summed E-state index contributed by atoms with van der Waals surface area (Å²) in [6.45, 7) is 5.55. The van der Waals surface area contributed by atoms with Crippen LogP contribution in [0.15, 0.2) is 53.4 Å². The molecule has 0 saturated carbocycles. The summed E-state index contributed by atoms with van der Waals surface area (Å²) in [7, 11) is -3.61. The number of hydrogen-bond acceptors (Lipinski definition) is 5. The fourth-order valence-corrected chi connectivity index (χ4v) is 4.76. The molecule has 1 saturated heterocycles. The van der Waals surface area contributed by atoms with E-state index in [4.69, 9.17) is 4.74 Å². The highest BCUT2D eigenvalue weighted by Crippen LogP contribution is 2.21. The number of nitrogens with one attached hydrogen (secondary N) is 1. The fourth-order valence-electron chi connectivity index (χ4n) is 3.33. The van der Waals surface area contributed by atoms with Gasteiger partial charge in [-0.3, -0.25) is 9.69 Å². The van der Waals surface area contributed by atoms with Crippen LogP contribution in [0.2, 0.25) is 0 Å². The number of benzene rings is 2. The molecule has 1 amide bonds. The Hall–Kier alpha value is -2.49. The van der Waals surface area contributed by atoms with Gasteiger partial charge in [0.05, 0.1) is 17.5 Å². The van der Waals surface area contributed by atoms with E-state index in [1.54, 1.807) is 37.3 Å². The summed E-state index contributed by atoms with van der Waals surface area (Å²) >= 11 is 0. The van der Waals surface area contributed by atoms with Crippen molar-refractivity contribution in [3.63, 3.8) is 0 Å². The maximum atomic E-state index is 13.3. The van der Waals surface area contributed by atoms with Crippen molar-refractivity contribution in [1.29, 1.82) is 0 Å². The van der Waals surface area contributed by atoms with Crippen molar-refractivity contribution in [2.24, 2.45) is 0 Å². The average Bonchev–Trinajstić information content (AvgIpc) is 2.74. The summed E-state index contributed by atoms with van der Waals surface area (Å²) in [5.74, 6) is -0.0589. The number of carbonyl (C=O) groups excluding carboxylic acids is 1. The molecule has 1 aliphatic rings. The van der Waals surface area contributed by atoms with E-state index in [-0.39, 0.29) is 23.9 Å². The zero-order valence-electron chi connectivity index (χ0n) is 17.0. The minimum Gasteiger partial charge on any atom is -0.494 e. The smallest absolute Gasteiger partial charge is 0.243 e. The number of piperazine rings is 1. The summed E-state index contributed by atoms with van der Waals surface area (Å²) in [5.41, 5.74) is 0.392. The molecular weight excluding hydrogens is 409 g/mol. The van der Waals surface area contributed by atoms with E-state index in [1.165, 1.54) is 22.5 Å². The lowest BCUT2D eigenvalue weighted by Gasteiger charge is -2.36. The van der Waals surface area contributed by atoms with Gasteiger partial charge in [-0.05, 0) is 56.3 Å². The quantitative estimate of drug-likeness (QED) is 0.723. The molecule has 0 aromatic heterocycles. The first-order valence-electron chi connectivity index (χ1n) is 9.84. The molecule has 162 valence electrons. The number of amides is 1. The van der Waals surface area contributed by atoms with E-state index in [2.05, 4.69) is 5.32 Å². The minimum absolute atomic E-state index is 0.219. The van der Waals surface area contributed by atoms with Crippen LogP contribution < -0.4 is 10.1 Å². The molecule has 1 unspecified atom stereocenters. The normalized spacial score (nSPS) is 16.8. The Morgan fingerprint density at radius 1 is 1.13 bits per heavy atom. The monoisotopic (exact) mass is 435 g/mol. The van der Waals surface area contributed by atoms with Gasteiger partial charge >= 0.3 is 0 Å². The lowest BCUT2D eigenvalue weighted by Crippen LogP contribution is -2.53. The summed E-state index contributed by atoms with van der Waals surface area (Å²) < 4.78 is 45.9. The van der Waals surface area contributed by atoms with Gasteiger partial charge in [0.2, 0.25) is 15.9 Å². The predicted molar refractivity (Wildman–Crippen MR) is 112 cm³/mol. The van der Waals surface area contributed by atoms with Gasteiger partial charge in [-0.15, -0.1) is 0 Å². The molecule has 9 heteroatoms. The molecule has 3 rings (SSSR count). The number of hydrogen-bond donors (Lipinski definition) is 1. The van der Waals surface area contributed by atoms with Crippen molar-refractivity contribution >= 4 is 21.6 Å². The second-order valence-electron chi connectivity index (χ2n) is 7.02. The van der Waals surface area contributed by atoms with Crippen LogP contribution in [-0.2, 0) is 14.8 Å². The summed E-state index contributed by atoms with van der Waals surface area (Å²) in [6.07, 6.45) is 0. The Morgan fingerprint density at radius 2 is 1.80 bits per heavy atom. The van der Waals surface area contributed by atoms with Crippen LogP contribution in [0.3, 0.4) is 0 Å². The molecule has 2 aromatic rings. The van der Waals surface area contributed by atoms with E-state index < -0.39 is 21.9 Å². The van der Waals surface area contributed by atoms with Gasteiger partial charge in [0.25, 0.3) is 0 Å². The van der Waals surface area contributed by atoms with Gasteiger partial charge in [-0.2, -0.15) is 4.31 Å². The first-order chi connectivity index (χ1) is 14.3. The first kappa shape index (κ1) is 22.2. The summed E-state index contributed by atoms with van der Waals surface area (Å²) in [6, 6.07) is 11.6. The Bertz CT molecular complexity index is 974. The molecule has 30 heavy (non-hydrogen) atoms. The van der Waals surface area contributed by atoms with Gasteiger partial charge in [0.15, 0.2) is 0 Å². The van der Waals surface area contributed by atoms with Gasteiger partial charge < -0.3 is 10.1 Å². The third-order valence-electron chi connectivity index (χ3n) is 5.07. The lowest BCUT2D eigenvalue weighted by molar-refractivity contribution is -0.121. The van der Waals surface area contributed by atoms with Gasteiger partial charge in [0.1, 0.15) is 11.6 Å². The third-order valence-corrected chi connectivity index (χ3v) is 6.98. The van der Waals surface area contributed by atoms with E-state index in [1.807, 2.05) is 11.8 Å². The zero-order chi connectivity index (χ0) is 21.7. The summed E-state index contributed by atoms with van der Waals surface area (Å²) in [5, 5.41) is 2.70. The van der Waals surface area contributed by atoms with Crippen molar-refractivity contribution in [1.82, 2.24) is 9.21 Å². The predicted octanol–water partition coefficient (Wildman–Crippen LogP) is 2.56. The summed E-state index contributed by atoms with van der Waals surface area (Å²) in [4.78, 5) is 14.6. The fraction of sp³-hybridized carbons (Fsp3) is 0.381. The molecule has 1 N–H and O–H groups in total. The van der Waals surface area contributed by atoms with E-state index in [0.29, 0.717) is 31.1 Å². The first-order valence-corrected chi connectivity index (χ1v) is 11.3. The largest absolute Gasteiger partial charge is 0.494 e. The van der Waals surface area contributed by atoms with Crippen molar-refractivity contribution in [3.8, 4) is 5.75 Å².